The zero-order chi connectivity index (χ0) is 26.2. The number of carbonyl (C=O) groups excluding carboxylic acids is 2. The Morgan fingerprint density at radius 2 is 1.94 bits per heavy atom. The summed E-state index contributed by atoms with van der Waals surface area (Å²) in [5.74, 6) is -1.19. The SMILES string of the molecule is CCCON(CCC)C(=O)CN1C[C@H](c2ccc3c(c2)CCO3)[C@@H](C(=O)O)[C@@H]1CCN(CC)C(C)=O. The summed E-state index contributed by atoms with van der Waals surface area (Å²) < 4.78 is 5.64. The Hall–Kier alpha value is -2.65. The van der Waals surface area contributed by atoms with Crippen LogP contribution in [0.15, 0.2) is 18.2 Å². The highest BCUT2D eigenvalue weighted by atomic mass is 16.7. The van der Waals surface area contributed by atoms with Crippen molar-refractivity contribution < 1.29 is 29.1 Å². The van der Waals surface area contributed by atoms with Crippen molar-refractivity contribution in [3.8, 4) is 5.75 Å². The Kier molecular flexibility index (Phi) is 10.1. The molecule has 0 unspecified atom stereocenters. The van der Waals surface area contributed by atoms with Crippen LogP contribution in [0.25, 0.3) is 0 Å². The van der Waals surface area contributed by atoms with Gasteiger partial charge >= 0.3 is 5.97 Å². The number of benzene rings is 1. The number of carboxylic acid groups (broad SMARTS) is 1. The lowest BCUT2D eigenvalue weighted by Crippen LogP contribution is -2.45. The van der Waals surface area contributed by atoms with Gasteiger partial charge in [-0.15, -0.1) is 0 Å². The number of hydroxylamine groups is 2. The van der Waals surface area contributed by atoms with Crippen LogP contribution >= 0.6 is 0 Å². The molecule has 2 heterocycles. The van der Waals surface area contributed by atoms with Crippen molar-refractivity contribution >= 4 is 17.8 Å². The van der Waals surface area contributed by atoms with Gasteiger partial charge in [-0.2, -0.15) is 0 Å². The fourth-order valence-electron chi connectivity index (χ4n) is 5.37. The monoisotopic (exact) mass is 503 g/mol. The van der Waals surface area contributed by atoms with Gasteiger partial charge in [-0.05, 0) is 43.4 Å². The van der Waals surface area contributed by atoms with E-state index < -0.39 is 11.9 Å². The number of hydrogen-bond acceptors (Lipinski definition) is 6. The highest BCUT2D eigenvalue weighted by Crippen LogP contribution is 2.41. The lowest BCUT2D eigenvalue weighted by Gasteiger charge is -2.30. The van der Waals surface area contributed by atoms with Gasteiger partial charge in [0, 0.05) is 51.5 Å². The van der Waals surface area contributed by atoms with Gasteiger partial charge in [0.1, 0.15) is 5.75 Å². The zero-order valence-electron chi connectivity index (χ0n) is 22.1. The molecule has 0 aliphatic carbocycles. The first-order valence-electron chi connectivity index (χ1n) is 13.2. The van der Waals surface area contributed by atoms with Crippen LogP contribution in [0, 0.1) is 5.92 Å². The third kappa shape index (κ3) is 6.56. The summed E-state index contributed by atoms with van der Waals surface area (Å²) in [6.45, 7) is 10.5. The van der Waals surface area contributed by atoms with E-state index in [2.05, 4.69) is 6.07 Å². The number of likely N-dealkylation sites (tertiary alicyclic amines) is 1. The summed E-state index contributed by atoms with van der Waals surface area (Å²) in [6, 6.07) is 5.56. The number of fused-ring (bicyclic) bond motifs is 1. The number of rotatable bonds is 13. The Bertz CT molecular complexity index is 923. The van der Waals surface area contributed by atoms with Crippen LogP contribution < -0.4 is 4.74 Å². The first kappa shape index (κ1) is 27.9. The van der Waals surface area contributed by atoms with Gasteiger partial charge in [0.15, 0.2) is 0 Å². The van der Waals surface area contributed by atoms with Crippen molar-refractivity contribution in [2.24, 2.45) is 5.92 Å². The summed E-state index contributed by atoms with van der Waals surface area (Å²) in [4.78, 5) is 47.3. The van der Waals surface area contributed by atoms with E-state index in [4.69, 9.17) is 9.57 Å². The van der Waals surface area contributed by atoms with Crippen molar-refractivity contribution in [1.82, 2.24) is 14.9 Å². The molecule has 0 bridgehead atoms. The molecule has 0 radical (unpaired) electrons. The van der Waals surface area contributed by atoms with Crippen molar-refractivity contribution in [3.05, 3.63) is 29.3 Å². The predicted octanol–water partition coefficient (Wildman–Crippen LogP) is 2.93. The molecule has 2 aliphatic heterocycles. The number of nitrogens with zero attached hydrogens (tertiary/aromatic N) is 3. The molecule has 200 valence electrons. The molecule has 36 heavy (non-hydrogen) atoms. The minimum atomic E-state index is -0.879. The largest absolute Gasteiger partial charge is 0.493 e. The third-order valence-corrected chi connectivity index (χ3v) is 7.19. The zero-order valence-corrected chi connectivity index (χ0v) is 22.1. The average molecular weight is 504 g/mol. The summed E-state index contributed by atoms with van der Waals surface area (Å²) in [5, 5.41) is 11.8. The highest BCUT2D eigenvalue weighted by Gasteiger charge is 2.47. The van der Waals surface area contributed by atoms with Crippen LogP contribution in [-0.2, 0) is 25.6 Å². The summed E-state index contributed by atoms with van der Waals surface area (Å²) >= 11 is 0. The highest BCUT2D eigenvalue weighted by molar-refractivity contribution is 5.78. The van der Waals surface area contributed by atoms with Gasteiger partial charge < -0.3 is 14.7 Å². The molecule has 1 aromatic carbocycles. The van der Waals surface area contributed by atoms with E-state index in [0.717, 1.165) is 36.1 Å². The molecule has 9 heteroatoms. The Balaban J connectivity index is 1.88. The van der Waals surface area contributed by atoms with E-state index in [-0.39, 0.29) is 30.3 Å². The molecule has 1 saturated heterocycles. The maximum absolute atomic E-state index is 13.2. The molecule has 1 fully saturated rings. The van der Waals surface area contributed by atoms with E-state index in [1.807, 2.05) is 37.8 Å². The Morgan fingerprint density at radius 1 is 1.17 bits per heavy atom. The molecular weight excluding hydrogens is 462 g/mol. The van der Waals surface area contributed by atoms with Gasteiger partial charge in [-0.3, -0.25) is 24.1 Å². The number of amides is 2. The molecule has 1 aromatic rings. The Labute approximate surface area is 214 Å². The van der Waals surface area contributed by atoms with Crippen LogP contribution in [0.1, 0.15) is 64.0 Å². The number of carboxylic acids is 1. The quantitative estimate of drug-likeness (QED) is 0.413. The molecule has 1 N–H and O–H groups in total. The standard InChI is InChI=1S/C27H41N3O6/c1-5-12-30(36-14-6-2)25(32)18-29-17-22(20-8-9-24-21(16-20)11-15-35-24)26(27(33)34)23(29)10-13-28(7-3)19(4)31/h8-9,16,22-23,26H,5-7,10-15,17-18H2,1-4H3,(H,33,34)/t22-,23+,26-/m1/s1. The summed E-state index contributed by atoms with van der Waals surface area (Å²) in [7, 11) is 0. The van der Waals surface area contributed by atoms with E-state index in [1.54, 1.807) is 4.90 Å². The average Bonchev–Trinajstić information content (AvgIpc) is 3.46. The first-order valence-corrected chi connectivity index (χ1v) is 13.2. The molecule has 0 saturated carbocycles. The van der Waals surface area contributed by atoms with Crippen molar-refractivity contribution in [3.63, 3.8) is 0 Å². The van der Waals surface area contributed by atoms with Crippen LogP contribution in [0.4, 0.5) is 0 Å². The van der Waals surface area contributed by atoms with Crippen LogP contribution in [0.3, 0.4) is 0 Å². The van der Waals surface area contributed by atoms with Gasteiger partial charge in [-0.25, -0.2) is 5.06 Å². The molecule has 0 spiro atoms. The first-order chi connectivity index (χ1) is 17.3. The van der Waals surface area contributed by atoms with Gasteiger partial charge in [-0.1, -0.05) is 26.0 Å². The topological polar surface area (TPSA) is 99.6 Å². The second kappa shape index (κ2) is 13.1. The number of carbonyl (C=O) groups is 3. The summed E-state index contributed by atoms with van der Waals surface area (Å²) in [6.07, 6.45) is 2.85. The smallest absolute Gasteiger partial charge is 0.308 e. The van der Waals surface area contributed by atoms with E-state index >= 15 is 0 Å². The normalized spacial score (nSPS) is 21.2. The molecule has 2 aliphatic rings. The van der Waals surface area contributed by atoms with Gasteiger partial charge in [0.25, 0.3) is 5.91 Å². The number of ether oxygens (including phenoxy) is 1. The van der Waals surface area contributed by atoms with Crippen LogP contribution in [0.2, 0.25) is 0 Å². The lowest BCUT2D eigenvalue weighted by atomic mass is 9.83. The lowest BCUT2D eigenvalue weighted by molar-refractivity contribution is -0.188. The maximum Gasteiger partial charge on any atom is 0.308 e. The molecule has 2 amide bonds. The van der Waals surface area contributed by atoms with Crippen LogP contribution in [0.5, 0.6) is 5.75 Å². The maximum atomic E-state index is 13.2. The number of aliphatic carboxylic acids is 1. The molecule has 3 rings (SSSR count). The predicted molar refractivity (Wildman–Crippen MR) is 136 cm³/mol. The molecule has 9 nitrogen and oxygen atoms in total. The van der Waals surface area contributed by atoms with E-state index in [1.165, 1.54) is 12.0 Å². The van der Waals surface area contributed by atoms with Crippen molar-refractivity contribution in [2.75, 3.05) is 45.9 Å². The number of hydrogen-bond donors (Lipinski definition) is 1. The summed E-state index contributed by atoms with van der Waals surface area (Å²) in [5.41, 5.74) is 2.05. The second-order valence-corrected chi connectivity index (χ2v) is 9.65. The second-order valence-electron chi connectivity index (χ2n) is 9.65. The Morgan fingerprint density at radius 3 is 2.58 bits per heavy atom. The van der Waals surface area contributed by atoms with Crippen molar-refractivity contribution in [2.45, 2.75) is 65.3 Å². The van der Waals surface area contributed by atoms with Gasteiger partial charge in [0.2, 0.25) is 5.91 Å². The minimum absolute atomic E-state index is 0.0396. The van der Waals surface area contributed by atoms with E-state index in [0.29, 0.717) is 45.8 Å². The fraction of sp³-hybridized carbons (Fsp3) is 0.667. The molecule has 0 aromatic heterocycles. The van der Waals surface area contributed by atoms with Gasteiger partial charge in [0.05, 0.1) is 25.7 Å². The third-order valence-electron chi connectivity index (χ3n) is 7.19. The van der Waals surface area contributed by atoms with Crippen molar-refractivity contribution in [1.29, 1.82) is 0 Å². The van der Waals surface area contributed by atoms with Crippen LogP contribution in [-0.4, -0.2) is 89.7 Å². The van der Waals surface area contributed by atoms with E-state index in [9.17, 15) is 19.5 Å². The fourth-order valence-corrected chi connectivity index (χ4v) is 5.37. The molecule has 3 atom stereocenters. The molecular formula is C27H41N3O6. The minimum Gasteiger partial charge on any atom is -0.493 e.